The summed E-state index contributed by atoms with van der Waals surface area (Å²) in [4.78, 5) is 25.1. The summed E-state index contributed by atoms with van der Waals surface area (Å²) in [5.41, 5.74) is 0.892. The Morgan fingerprint density at radius 3 is 2.61 bits per heavy atom. The third kappa shape index (κ3) is 7.65. The molecule has 0 saturated carbocycles. The zero-order valence-electron chi connectivity index (χ0n) is 12.9. The zero-order chi connectivity index (χ0) is 17.2. The predicted octanol–water partition coefficient (Wildman–Crippen LogP) is 2.02. The van der Waals surface area contributed by atoms with E-state index in [9.17, 15) is 9.59 Å². The second kappa shape index (κ2) is 10.4. The Labute approximate surface area is 145 Å². The number of carbonyl (C=O) groups is 2. The van der Waals surface area contributed by atoms with E-state index in [-0.39, 0.29) is 13.2 Å². The van der Waals surface area contributed by atoms with E-state index in [4.69, 9.17) is 28.3 Å². The van der Waals surface area contributed by atoms with Crippen molar-refractivity contribution in [1.82, 2.24) is 15.5 Å². The van der Waals surface area contributed by atoms with Gasteiger partial charge in [0.05, 0.1) is 16.6 Å². The maximum Gasteiger partial charge on any atom is 0.321 e. The number of rotatable bonds is 8. The van der Waals surface area contributed by atoms with Gasteiger partial charge in [-0.1, -0.05) is 29.3 Å². The van der Waals surface area contributed by atoms with Crippen LogP contribution in [0.3, 0.4) is 0 Å². The average molecular weight is 362 g/mol. The Hall–Kier alpha value is -1.34. The predicted molar refractivity (Wildman–Crippen MR) is 90.7 cm³/mol. The fraction of sp³-hybridized carbons (Fsp3) is 0.467. The quantitative estimate of drug-likeness (QED) is 0.661. The van der Waals surface area contributed by atoms with E-state index >= 15 is 0 Å². The van der Waals surface area contributed by atoms with Gasteiger partial charge in [0.25, 0.3) is 0 Å². The maximum absolute atomic E-state index is 11.9. The van der Waals surface area contributed by atoms with E-state index in [1.54, 1.807) is 19.1 Å². The summed E-state index contributed by atoms with van der Waals surface area (Å²) in [5.74, 6) is -0.408. The van der Waals surface area contributed by atoms with Crippen molar-refractivity contribution in [2.75, 3.05) is 26.2 Å². The molecule has 3 amide bonds. The first-order valence-corrected chi connectivity index (χ1v) is 8.06. The average Bonchev–Trinajstić information content (AvgIpc) is 2.48. The van der Waals surface area contributed by atoms with Gasteiger partial charge >= 0.3 is 6.03 Å². The highest BCUT2D eigenvalue weighted by Gasteiger charge is 2.14. The summed E-state index contributed by atoms with van der Waals surface area (Å²) < 4.78 is 0. The summed E-state index contributed by atoms with van der Waals surface area (Å²) in [7, 11) is 0. The van der Waals surface area contributed by atoms with Gasteiger partial charge in [-0.2, -0.15) is 0 Å². The number of urea groups is 1. The van der Waals surface area contributed by atoms with Gasteiger partial charge < -0.3 is 10.4 Å². The fourth-order valence-electron chi connectivity index (χ4n) is 1.98. The van der Waals surface area contributed by atoms with Crippen molar-refractivity contribution in [3.05, 3.63) is 33.8 Å². The molecule has 0 fully saturated rings. The standard InChI is InChI=1S/C15H21Cl2N3O3/c1-2-18-15(23)19-14(22)10-20(6-3-7-21)9-11-4-5-12(16)13(17)8-11/h4-5,8,21H,2-3,6-7,9-10H2,1H3,(H2,18,19,22,23). The zero-order valence-corrected chi connectivity index (χ0v) is 14.5. The first-order valence-electron chi connectivity index (χ1n) is 7.31. The number of imide groups is 1. The largest absolute Gasteiger partial charge is 0.396 e. The number of halogens is 2. The van der Waals surface area contributed by atoms with Crippen LogP contribution in [0.5, 0.6) is 0 Å². The number of carbonyl (C=O) groups excluding carboxylic acids is 2. The number of aliphatic hydroxyl groups is 1. The number of hydrogen-bond donors (Lipinski definition) is 3. The summed E-state index contributed by atoms with van der Waals surface area (Å²) in [6.07, 6.45) is 0.524. The van der Waals surface area contributed by atoms with Gasteiger partial charge in [-0.05, 0) is 31.0 Å². The van der Waals surface area contributed by atoms with E-state index in [0.717, 1.165) is 5.56 Å². The Kier molecular flexibility index (Phi) is 8.94. The molecule has 1 rings (SSSR count). The summed E-state index contributed by atoms with van der Waals surface area (Å²) >= 11 is 11.9. The van der Waals surface area contributed by atoms with Gasteiger partial charge in [0.1, 0.15) is 0 Å². The Morgan fingerprint density at radius 1 is 1.26 bits per heavy atom. The van der Waals surface area contributed by atoms with Crippen LogP contribution in [0.15, 0.2) is 18.2 Å². The molecule has 0 aromatic heterocycles. The van der Waals surface area contributed by atoms with Crippen LogP contribution in [0.1, 0.15) is 18.9 Å². The van der Waals surface area contributed by atoms with E-state index in [1.165, 1.54) is 0 Å². The summed E-state index contributed by atoms with van der Waals surface area (Å²) in [6, 6.07) is 4.73. The highest BCUT2D eigenvalue weighted by Crippen LogP contribution is 2.23. The molecule has 0 atom stereocenters. The number of amides is 3. The van der Waals surface area contributed by atoms with Crippen LogP contribution in [0.4, 0.5) is 4.79 Å². The van der Waals surface area contributed by atoms with Crippen LogP contribution in [-0.2, 0) is 11.3 Å². The molecule has 0 unspecified atom stereocenters. The third-order valence-electron chi connectivity index (χ3n) is 2.98. The molecule has 0 bridgehead atoms. The van der Waals surface area contributed by atoms with Gasteiger partial charge in [0.15, 0.2) is 0 Å². The maximum atomic E-state index is 11.9. The second-order valence-electron chi connectivity index (χ2n) is 4.94. The molecule has 0 saturated heterocycles. The molecule has 128 valence electrons. The number of benzene rings is 1. The molecular weight excluding hydrogens is 341 g/mol. The minimum Gasteiger partial charge on any atom is -0.396 e. The van der Waals surface area contributed by atoms with Gasteiger partial charge in [-0.3, -0.25) is 15.0 Å². The SMILES string of the molecule is CCNC(=O)NC(=O)CN(CCCO)Cc1ccc(Cl)c(Cl)c1. The molecule has 8 heteroatoms. The van der Waals surface area contributed by atoms with Crippen LogP contribution in [0, 0.1) is 0 Å². The smallest absolute Gasteiger partial charge is 0.321 e. The minimum atomic E-state index is -0.519. The van der Waals surface area contributed by atoms with Crippen molar-refractivity contribution >= 4 is 35.1 Å². The summed E-state index contributed by atoms with van der Waals surface area (Å²) in [5, 5.41) is 14.6. The molecule has 1 aromatic rings. The van der Waals surface area contributed by atoms with Gasteiger partial charge in [-0.15, -0.1) is 0 Å². The van der Waals surface area contributed by atoms with E-state index in [1.807, 2.05) is 11.0 Å². The number of nitrogens with one attached hydrogen (secondary N) is 2. The fourth-order valence-corrected chi connectivity index (χ4v) is 2.30. The molecule has 3 N–H and O–H groups in total. The van der Waals surface area contributed by atoms with E-state index in [2.05, 4.69) is 10.6 Å². The molecule has 1 aromatic carbocycles. The molecule has 23 heavy (non-hydrogen) atoms. The lowest BCUT2D eigenvalue weighted by Crippen LogP contribution is -2.44. The van der Waals surface area contributed by atoms with Crippen LogP contribution in [-0.4, -0.2) is 48.2 Å². The monoisotopic (exact) mass is 361 g/mol. The number of hydrogen-bond acceptors (Lipinski definition) is 4. The lowest BCUT2D eigenvalue weighted by Gasteiger charge is -2.21. The van der Waals surface area contributed by atoms with Gasteiger partial charge in [-0.25, -0.2) is 4.79 Å². The molecular formula is C15H21Cl2N3O3. The van der Waals surface area contributed by atoms with Crippen molar-refractivity contribution in [3.63, 3.8) is 0 Å². The van der Waals surface area contributed by atoms with Crippen LogP contribution < -0.4 is 10.6 Å². The first kappa shape index (κ1) is 19.7. The van der Waals surface area contributed by atoms with Crippen molar-refractivity contribution < 1.29 is 14.7 Å². The van der Waals surface area contributed by atoms with Crippen molar-refractivity contribution in [2.24, 2.45) is 0 Å². The number of nitrogens with zero attached hydrogens (tertiary/aromatic N) is 1. The van der Waals surface area contributed by atoms with Gasteiger partial charge in [0, 0.05) is 26.2 Å². The molecule has 0 heterocycles. The molecule has 0 aliphatic heterocycles. The molecule has 0 aliphatic carbocycles. The normalized spacial score (nSPS) is 10.7. The lowest BCUT2D eigenvalue weighted by molar-refractivity contribution is -0.121. The van der Waals surface area contributed by atoms with Crippen LogP contribution in [0.25, 0.3) is 0 Å². The van der Waals surface area contributed by atoms with Gasteiger partial charge in [0.2, 0.25) is 5.91 Å². The molecule has 0 spiro atoms. The summed E-state index contributed by atoms with van der Waals surface area (Å²) in [6.45, 7) is 3.24. The molecule has 0 radical (unpaired) electrons. The topological polar surface area (TPSA) is 81.7 Å². The Morgan fingerprint density at radius 2 is 2.00 bits per heavy atom. The first-order chi connectivity index (χ1) is 11.0. The second-order valence-corrected chi connectivity index (χ2v) is 5.76. The van der Waals surface area contributed by atoms with Crippen LogP contribution in [0.2, 0.25) is 10.0 Å². The molecule has 0 aliphatic rings. The van der Waals surface area contributed by atoms with Crippen molar-refractivity contribution in [1.29, 1.82) is 0 Å². The molecule has 6 nitrogen and oxygen atoms in total. The van der Waals surface area contributed by atoms with Crippen molar-refractivity contribution in [2.45, 2.75) is 19.9 Å². The minimum absolute atomic E-state index is 0.0236. The van der Waals surface area contributed by atoms with E-state index < -0.39 is 11.9 Å². The van der Waals surface area contributed by atoms with Crippen LogP contribution >= 0.6 is 23.2 Å². The lowest BCUT2D eigenvalue weighted by atomic mass is 10.2. The highest BCUT2D eigenvalue weighted by molar-refractivity contribution is 6.42. The Balaban J connectivity index is 2.65. The van der Waals surface area contributed by atoms with Crippen molar-refractivity contribution in [3.8, 4) is 0 Å². The highest BCUT2D eigenvalue weighted by atomic mass is 35.5. The number of aliphatic hydroxyl groups excluding tert-OH is 1. The Bertz CT molecular complexity index is 541. The van der Waals surface area contributed by atoms with E-state index in [0.29, 0.717) is 36.1 Å². The third-order valence-corrected chi connectivity index (χ3v) is 3.72.